The van der Waals surface area contributed by atoms with E-state index in [9.17, 15) is 0 Å². The van der Waals surface area contributed by atoms with E-state index in [1.165, 1.54) is 0 Å². The molecular formula is C11H16N6. The molecule has 0 aliphatic carbocycles. The maximum atomic E-state index is 4.26. The molecule has 2 heterocycles. The molecule has 6 heteroatoms. The van der Waals surface area contributed by atoms with Gasteiger partial charge in [0.1, 0.15) is 0 Å². The van der Waals surface area contributed by atoms with E-state index in [1.54, 1.807) is 18.6 Å². The molecule has 0 spiro atoms. The van der Waals surface area contributed by atoms with Gasteiger partial charge in [-0.3, -0.25) is 0 Å². The SMILES string of the molecule is CCCNc1ncc(-c2cnnn2CC)cn1. The van der Waals surface area contributed by atoms with Gasteiger partial charge in [-0.25, -0.2) is 14.6 Å². The fourth-order valence-electron chi connectivity index (χ4n) is 1.50. The van der Waals surface area contributed by atoms with Crippen molar-refractivity contribution in [3.8, 4) is 11.3 Å². The van der Waals surface area contributed by atoms with Crippen LogP contribution in [0.1, 0.15) is 20.3 Å². The van der Waals surface area contributed by atoms with Gasteiger partial charge in [-0.05, 0) is 13.3 Å². The highest BCUT2D eigenvalue weighted by Gasteiger charge is 2.06. The lowest BCUT2D eigenvalue weighted by atomic mass is 10.2. The fourth-order valence-corrected chi connectivity index (χ4v) is 1.50. The van der Waals surface area contributed by atoms with Crippen LogP contribution < -0.4 is 5.32 Å². The molecule has 90 valence electrons. The number of hydrogen-bond acceptors (Lipinski definition) is 5. The van der Waals surface area contributed by atoms with Gasteiger partial charge >= 0.3 is 0 Å². The number of hydrogen-bond donors (Lipinski definition) is 1. The van der Waals surface area contributed by atoms with Crippen LogP contribution in [0.4, 0.5) is 5.95 Å². The lowest BCUT2D eigenvalue weighted by molar-refractivity contribution is 0.632. The van der Waals surface area contributed by atoms with Crippen LogP contribution in [0.15, 0.2) is 18.6 Å². The summed E-state index contributed by atoms with van der Waals surface area (Å²) in [5.74, 6) is 0.658. The highest BCUT2D eigenvalue weighted by atomic mass is 15.4. The molecule has 0 aliphatic heterocycles. The van der Waals surface area contributed by atoms with Crippen molar-refractivity contribution in [1.82, 2.24) is 25.0 Å². The lowest BCUT2D eigenvalue weighted by Gasteiger charge is -2.04. The molecule has 0 unspecified atom stereocenters. The van der Waals surface area contributed by atoms with Crippen LogP contribution in [0.3, 0.4) is 0 Å². The Hall–Kier alpha value is -1.98. The van der Waals surface area contributed by atoms with Crippen molar-refractivity contribution in [2.45, 2.75) is 26.8 Å². The largest absolute Gasteiger partial charge is 0.354 e. The molecule has 0 aliphatic rings. The Bertz CT molecular complexity index is 461. The van der Waals surface area contributed by atoms with Crippen molar-refractivity contribution in [3.63, 3.8) is 0 Å². The van der Waals surface area contributed by atoms with Gasteiger partial charge in [0.2, 0.25) is 5.95 Å². The first-order valence-electron chi connectivity index (χ1n) is 5.80. The minimum absolute atomic E-state index is 0.658. The Kier molecular flexibility index (Phi) is 3.64. The number of rotatable bonds is 5. The molecule has 0 bridgehead atoms. The topological polar surface area (TPSA) is 68.5 Å². The second kappa shape index (κ2) is 5.38. The van der Waals surface area contributed by atoms with E-state index < -0.39 is 0 Å². The molecule has 2 aromatic rings. The van der Waals surface area contributed by atoms with Crippen molar-refractivity contribution in [2.75, 3.05) is 11.9 Å². The molecule has 0 fully saturated rings. The first-order chi connectivity index (χ1) is 8.35. The summed E-state index contributed by atoms with van der Waals surface area (Å²) in [6.07, 6.45) is 6.35. The molecule has 0 amide bonds. The molecular weight excluding hydrogens is 216 g/mol. The monoisotopic (exact) mass is 232 g/mol. The van der Waals surface area contributed by atoms with Crippen LogP contribution in [0, 0.1) is 0 Å². The summed E-state index contributed by atoms with van der Waals surface area (Å²) in [6.45, 7) is 5.79. The van der Waals surface area contributed by atoms with Crippen LogP contribution in [0.5, 0.6) is 0 Å². The third kappa shape index (κ3) is 2.58. The van der Waals surface area contributed by atoms with Crippen molar-refractivity contribution in [1.29, 1.82) is 0 Å². The average molecular weight is 232 g/mol. The highest BCUT2D eigenvalue weighted by molar-refractivity contribution is 5.56. The zero-order valence-corrected chi connectivity index (χ0v) is 10.1. The van der Waals surface area contributed by atoms with E-state index in [2.05, 4.69) is 32.5 Å². The van der Waals surface area contributed by atoms with Gasteiger partial charge in [0.25, 0.3) is 0 Å². The summed E-state index contributed by atoms with van der Waals surface area (Å²) in [6, 6.07) is 0. The number of anilines is 1. The zero-order valence-electron chi connectivity index (χ0n) is 10.1. The fraction of sp³-hybridized carbons (Fsp3) is 0.455. The van der Waals surface area contributed by atoms with E-state index in [-0.39, 0.29) is 0 Å². The van der Waals surface area contributed by atoms with Crippen LogP contribution in [0.25, 0.3) is 11.3 Å². The molecule has 2 aromatic heterocycles. The summed E-state index contributed by atoms with van der Waals surface area (Å²) >= 11 is 0. The van der Waals surface area contributed by atoms with E-state index in [1.807, 2.05) is 11.6 Å². The summed E-state index contributed by atoms with van der Waals surface area (Å²) in [5, 5.41) is 11.0. The van der Waals surface area contributed by atoms with Crippen LogP contribution in [-0.4, -0.2) is 31.5 Å². The second-order valence-electron chi connectivity index (χ2n) is 3.66. The van der Waals surface area contributed by atoms with Crippen molar-refractivity contribution < 1.29 is 0 Å². The van der Waals surface area contributed by atoms with Crippen molar-refractivity contribution in [2.24, 2.45) is 0 Å². The van der Waals surface area contributed by atoms with Gasteiger partial charge in [0.05, 0.1) is 11.9 Å². The van der Waals surface area contributed by atoms with Gasteiger partial charge in [-0.15, -0.1) is 5.10 Å². The third-order valence-electron chi connectivity index (χ3n) is 2.40. The molecule has 1 N–H and O–H groups in total. The Labute approximate surface area is 100 Å². The summed E-state index contributed by atoms with van der Waals surface area (Å²) in [5.41, 5.74) is 1.87. The van der Waals surface area contributed by atoms with Gasteiger partial charge in [-0.2, -0.15) is 0 Å². The average Bonchev–Trinajstić information content (AvgIpc) is 2.85. The number of aryl methyl sites for hydroxylation is 1. The molecule has 6 nitrogen and oxygen atoms in total. The van der Waals surface area contributed by atoms with E-state index >= 15 is 0 Å². The van der Waals surface area contributed by atoms with E-state index in [0.717, 1.165) is 30.8 Å². The van der Waals surface area contributed by atoms with Gasteiger partial charge in [0.15, 0.2) is 0 Å². The van der Waals surface area contributed by atoms with Crippen LogP contribution in [-0.2, 0) is 6.54 Å². The number of nitrogens with zero attached hydrogens (tertiary/aromatic N) is 5. The second-order valence-corrected chi connectivity index (χ2v) is 3.66. The molecule has 0 radical (unpaired) electrons. The zero-order chi connectivity index (χ0) is 12.1. The van der Waals surface area contributed by atoms with Crippen LogP contribution in [0.2, 0.25) is 0 Å². The predicted octanol–water partition coefficient (Wildman–Crippen LogP) is 1.58. The molecule has 0 atom stereocenters. The number of nitrogens with one attached hydrogen (secondary N) is 1. The normalized spacial score (nSPS) is 10.5. The number of aromatic nitrogens is 5. The summed E-state index contributed by atoms with van der Waals surface area (Å²) < 4.78 is 1.82. The van der Waals surface area contributed by atoms with E-state index in [4.69, 9.17) is 0 Å². The third-order valence-corrected chi connectivity index (χ3v) is 2.40. The maximum absolute atomic E-state index is 4.26. The van der Waals surface area contributed by atoms with Crippen LogP contribution >= 0.6 is 0 Å². The maximum Gasteiger partial charge on any atom is 0.222 e. The summed E-state index contributed by atoms with van der Waals surface area (Å²) in [7, 11) is 0. The molecule has 0 saturated carbocycles. The molecule has 0 saturated heterocycles. The smallest absolute Gasteiger partial charge is 0.222 e. The quantitative estimate of drug-likeness (QED) is 0.847. The van der Waals surface area contributed by atoms with Gasteiger partial charge in [-0.1, -0.05) is 12.1 Å². The Morgan fingerprint density at radius 1 is 1.18 bits per heavy atom. The van der Waals surface area contributed by atoms with E-state index in [0.29, 0.717) is 5.95 Å². The standard InChI is InChI=1S/C11H16N6/c1-3-5-12-11-13-6-9(7-14-11)10-8-15-16-17(10)4-2/h6-8H,3-5H2,1-2H3,(H,12,13,14). The Balaban J connectivity index is 2.17. The highest BCUT2D eigenvalue weighted by Crippen LogP contribution is 2.16. The minimum atomic E-state index is 0.658. The Morgan fingerprint density at radius 2 is 1.94 bits per heavy atom. The first kappa shape index (κ1) is 11.5. The molecule has 2 rings (SSSR count). The predicted molar refractivity (Wildman–Crippen MR) is 65.5 cm³/mol. The molecule has 0 aromatic carbocycles. The Morgan fingerprint density at radius 3 is 2.59 bits per heavy atom. The van der Waals surface area contributed by atoms with Gasteiger partial charge < -0.3 is 5.32 Å². The van der Waals surface area contributed by atoms with Crippen molar-refractivity contribution >= 4 is 5.95 Å². The van der Waals surface area contributed by atoms with Gasteiger partial charge in [0, 0.05) is 31.0 Å². The molecule has 17 heavy (non-hydrogen) atoms. The first-order valence-corrected chi connectivity index (χ1v) is 5.80. The minimum Gasteiger partial charge on any atom is -0.354 e. The lowest BCUT2D eigenvalue weighted by Crippen LogP contribution is -2.04. The van der Waals surface area contributed by atoms with Crippen molar-refractivity contribution in [3.05, 3.63) is 18.6 Å². The summed E-state index contributed by atoms with van der Waals surface area (Å²) in [4.78, 5) is 8.51.